The molecule has 0 atom stereocenters. The molecule has 0 bridgehead atoms. The summed E-state index contributed by atoms with van der Waals surface area (Å²) >= 11 is 0. The molecule has 0 heterocycles. The van der Waals surface area contributed by atoms with Crippen molar-refractivity contribution >= 4 is 11.8 Å². The van der Waals surface area contributed by atoms with E-state index in [0.717, 1.165) is 5.56 Å². The second kappa shape index (κ2) is 8.19. The van der Waals surface area contributed by atoms with Crippen LogP contribution in [0.4, 0.5) is 0 Å². The average Bonchev–Trinajstić information content (AvgIpc) is 2.65. The lowest BCUT2D eigenvalue weighted by molar-refractivity contribution is 0.0600. The Labute approximate surface area is 146 Å². The third kappa shape index (κ3) is 4.29. The molecule has 0 spiro atoms. The Balaban J connectivity index is 2.25. The smallest absolute Gasteiger partial charge is 0.337 e. The molecule has 0 aliphatic heterocycles. The zero-order valence-electron chi connectivity index (χ0n) is 14.6. The highest BCUT2D eigenvalue weighted by molar-refractivity contribution is 5.94. The van der Waals surface area contributed by atoms with Gasteiger partial charge in [-0.2, -0.15) is 0 Å². The SMILES string of the molecule is COC(=O)c1ccc(OCc2cc(C(C)=O)ccc2OC)c(OC)c1. The van der Waals surface area contributed by atoms with Crippen molar-refractivity contribution in [2.24, 2.45) is 0 Å². The summed E-state index contributed by atoms with van der Waals surface area (Å²) < 4.78 is 21.1. The van der Waals surface area contributed by atoms with Crippen LogP contribution in [0.3, 0.4) is 0 Å². The van der Waals surface area contributed by atoms with Gasteiger partial charge in [-0.1, -0.05) is 0 Å². The van der Waals surface area contributed by atoms with Gasteiger partial charge in [-0.05, 0) is 43.3 Å². The van der Waals surface area contributed by atoms with Crippen LogP contribution in [0.2, 0.25) is 0 Å². The number of ketones is 1. The molecule has 0 unspecified atom stereocenters. The molecule has 0 saturated heterocycles. The number of hydrogen-bond acceptors (Lipinski definition) is 6. The number of esters is 1. The van der Waals surface area contributed by atoms with Gasteiger partial charge in [-0.3, -0.25) is 4.79 Å². The molecule has 2 aromatic carbocycles. The standard InChI is InChI=1S/C19H20O6/c1-12(20)13-5-7-16(22-2)15(9-13)11-25-17-8-6-14(19(21)24-4)10-18(17)23-3/h5-10H,11H2,1-4H3. The lowest BCUT2D eigenvalue weighted by Gasteiger charge is -2.14. The van der Waals surface area contributed by atoms with E-state index in [-0.39, 0.29) is 12.4 Å². The van der Waals surface area contributed by atoms with Crippen LogP contribution in [-0.4, -0.2) is 33.1 Å². The van der Waals surface area contributed by atoms with Gasteiger partial charge >= 0.3 is 5.97 Å². The van der Waals surface area contributed by atoms with Crippen molar-refractivity contribution in [2.75, 3.05) is 21.3 Å². The molecule has 2 aromatic rings. The van der Waals surface area contributed by atoms with Gasteiger partial charge in [0.1, 0.15) is 12.4 Å². The van der Waals surface area contributed by atoms with Gasteiger partial charge < -0.3 is 18.9 Å². The summed E-state index contributed by atoms with van der Waals surface area (Å²) in [5.41, 5.74) is 1.67. The van der Waals surface area contributed by atoms with Crippen LogP contribution in [-0.2, 0) is 11.3 Å². The van der Waals surface area contributed by atoms with Crippen LogP contribution in [0.25, 0.3) is 0 Å². The molecule has 132 valence electrons. The fourth-order valence-corrected chi connectivity index (χ4v) is 2.30. The average molecular weight is 344 g/mol. The summed E-state index contributed by atoms with van der Waals surface area (Å²) in [6.07, 6.45) is 0. The van der Waals surface area contributed by atoms with E-state index < -0.39 is 5.97 Å². The Kier molecular flexibility index (Phi) is 6.00. The van der Waals surface area contributed by atoms with Gasteiger partial charge in [-0.15, -0.1) is 0 Å². The Morgan fingerprint density at radius 2 is 1.48 bits per heavy atom. The molecule has 0 N–H and O–H groups in total. The normalized spacial score (nSPS) is 10.1. The summed E-state index contributed by atoms with van der Waals surface area (Å²) in [5, 5.41) is 0. The van der Waals surface area contributed by atoms with E-state index in [1.807, 2.05) is 0 Å². The summed E-state index contributed by atoms with van der Waals surface area (Å²) in [5.74, 6) is 0.995. The predicted octanol–water partition coefficient (Wildman–Crippen LogP) is 3.27. The quantitative estimate of drug-likeness (QED) is 0.567. The number of hydrogen-bond donors (Lipinski definition) is 0. The molecular formula is C19H20O6. The third-order valence-electron chi connectivity index (χ3n) is 3.65. The largest absolute Gasteiger partial charge is 0.496 e. The molecular weight excluding hydrogens is 324 g/mol. The molecule has 0 saturated carbocycles. The monoisotopic (exact) mass is 344 g/mol. The zero-order valence-corrected chi connectivity index (χ0v) is 14.6. The Bertz CT molecular complexity index is 781. The Hall–Kier alpha value is -3.02. The van der Waals surface area contributed by atoms with Crippen LogP contribution in [0.1, 0.15) is 33.2 Å². The van der Waals surface area contributed by atoms with E-state index in [4.69, 9.17) is 14.2 Å². The maximum atomic E-state index is 11.6. The van der Waals surface area contributed by atoms with E-state index in [1.54, 1.807) is 43.5 Å². The van der Waals surface area contributed by atoms with Crippen LogP contribution in [0.15, 0.2) is 36.4 Å². The van der Waals surface area contributed by atoms with E-state index in [2.05, 4.69) is 4.74 Å². The zero-order chi connectivity index (χ0) is 18.4. The molecule has 6 heteroatoms. The number of rotatable bonds is 7. The highest BCUT2D eigenvalue weighted by atomic mass is 16.5. The lowest BCUT2D eigenvalue weighted by Crippen LogP contribution is -2.04. The van der Waals surface area contributed by atoms with E-state index in [1.165, 1.54) is 21.1 Å². The molecule has 0 amide bonds. The second-order valence-electron chi connectivity index (χ2n) is 5.23. The van der Waals surface area contributed by atoms with E-state index in [0.29, 0.717) is 28.4 Å². The molecule has 2 rings (SSSR count). The lowest BCUT2D eigenvalue weighted by atomic mass is 10.1. The topological polar surface area (TPSA) is 71.1 Å². The van der Waals surface area contributed by atoms with Crippen LogP contribution >= 0.6 is 0 Å². The molecule has 0 aliphatic carbocycles. The number of ether oxygens (including phenoxy) is 4. The van der Waals surface area contributed by atoms with Gasteiger partial charge in [0, 0.05) is 11.1 Å². The Morgan fingerprint density at radius 1 is 0.840 bits per heavy atom. The molecule has 0 radical (unpaired) electrons. The molecule has 0 fully saturated rings. The summed E-state index contributed by atoms with van der Waals surface area (Å²) in [4.78, 5) is 23.1. The van der Waals surface area contributed by atoms with E-state index >= 15 is 0 Å². The van der Waals surface area contributed by atoms with Crippen LogP contribution < -0.4 is 14.2 Å². The molecule has 0 aromatic heterocycles. The fourth-order valence-electron chi connectivity index (χ4n) is 2.30. The van der Waals surface area contributed by atoms with Gasteiger partial charge in [0.2, 0.25) is 0 Å². The van der Waals surface area contributed by atoms with Crippen molar-refractivity contribution in [3.63, 3.8) is 0 Å². The maximum Gasteiger partial charge on any atom is 0.337 e. The number of Topliss-reactive ketones (excluding diaryl/α,β-unsaturated/α-hetero) is 1. The van der Waals surface area contributed by atoms with Crippen molar-refractivity contribution in [1.82, 2.24) is 0 Å². The highest BCUT2D eigenvalue weighted by Crippen LogP contribution is 2.30. The summed E-state index contributed by atoms with van der Waals surface area (Å²) in [6.45, 7) is 1.68. The van der Waals surface area contributed by atoms with Gasteiger partial charge in [0.05, 0.1) is 26.9 Å². The minimum absolute atomic E-state index is 0.0380. The first kappa shape index (κ1) is 18.3. The maximum absolute atomic E-state index is 11.6. The number of carbonyl (C=O) groups is 2. The Morgan fingerprint density at radius 3 is 2.08 bits per heavy atom. The van der Waals surface area contributed by atoms with Crippen molar-refractivity contribution < 1.29 is 28.5 Å². The third-order valence-corrected chi connectivity index (χ3v) is 3.65. The number of carbonyl (C=O) groups excluding carboxylic acids is 2. The molecule has 25 heavy (non-hydrogen) atoms. The van der Waals surface area contributed by atoms with Crippen LogP contribution in [0, 0.1) is 0 Å². The molecule has 0 aliphatic rings. The number of benzene rings is 2. The van der Waals surface area contributed by atoms with Crippen LogP contribution in [0.5, 0.6) is 17.2 Å². The second-order valence-corrected chi connectivity index (χ2v) is 5.23. The van der Waals surface area contributed by atoms with Crippen molar-refractivity contribution in [3.05, 3.63) is 53.1 Å². The number of methoxy groups -OCH3 is 3. The first-order valence-electron chi connectivity index (χ1n) is 7.57. The first-order chi connectivity index (χ1) is 12.0. The van der Waals surface area contributed by atoms with Gasteiger partial charge in [-0.25, -0.2) is 4.79 Å². The predicted molar refractivity (Wildman–Crippen MR) is 91.7 cm³/mol. The fraction of sp³-hybridized carbons (Fsp3) is 0.263. The van der Waals surface area contributed by atoms with Gasteiger partial charge in [0.15, 0.2) is 17.3 Å². The molecule has 6 nitrogen and oxygen atoms in total. The van der Waals surface area contributed by atoms with Crippen molar-refractivity contribution in [3.8, 4) is 17.2 Å². The minimum Gasteiger partial charge on any atom is -0.496 e. The highest BCUT2D eigenvalue weighted by Gasteiger charge is 2.13. The van der Waals surface area contributed by atoms with E-state index in [9.17, 15) is 9.59 Å². The van der Waals surface area contributed by atoms with Crippen molar-refractivity contribution in [1.29, 1.82) is 0 Å². The summed E-state index contributed by atoms with van der Waals surface area (Å²) in [7, 11) is 4.35. The first-order valence-corrected chi connectivity index (χ1v) is 7.57. The van der Waals surface area contributed by atoms with Gasteiger partial charge in [0.25, 0.3) is 0 Å². The van der Waals surface area contributed by atoms with Crippen molar-refractivity contribution in [2.45, 2.75) is 13.5 Å². The summed E-state index contributed by atoms with van der Waals surface area (Å²) in [6, 6.07) is 9.93. The minimum atomic E-state index is -0.458.